The van der Waals surface area contributed by atoms with E-state index in [1.807, 2.05) is 12.1 Å². The molecule has 1 aliphatic heterocycles. The van der Waals surface area contributed by atoms with Crippen LogP contribution in [0.15, 0.2) is 67.0 Å². The third-order valence-electron chi connectivity index (χ3n) is 8.13. The number of aromatic nitrogens is 1. The lowest BCUT2D eigenvalue weighted by Gasteiger charge is -2.30. The van der Waals surface area contributed by atoms with Gasteiger partial charge in [0.15, 0.2) is 0 Å². The number of pyridine rings is 1. The summed E-state index contributed by atoms with van der Waals surface area (Å²) >= 11 is 5.96. The number of nitrogens with one attached hydrogen (secondary N) is 1. The van der Waals surface area contributed by atoms with E-state index in [1.54, 1.807) is 55.9 Å². The number of anilines is 1. The van der Waals surface area contributed by atoms with Gasteiger partial charge < -0.3 is 20.7 Å². The Balaban J connectivity index is 1.27. The summed E-state index contributed by atoms with van der Waals surface area (Å²) < 4.78 is 20.3. The number of aryl methyl sites for hydroxylation is 1. The van der Waals surface area contributed by atoms with Crippen molar-refractivity contribution in [2.45, 2.75) is 56.2 Å². The Labute approximate surface area is 238 Å². The molecule has 0 radical (unpaired) electrons. The van der Waals surface area contributed by atoms with Crippen LogP contribution in [0, 0.1) is 11.7 Å². The van der Waals surface area contributed by atoms with Crippen LogP contribution in [0.2, 0.25) is 5.02 Å². The highest BCUT2D eigenvalue weighted by atomic mass is 35.5. The van der Waals surface area contributed by atoms with Crippen LogP contribution in [0.4, 0.5) is 10.1 Å². The van der Waals surface area contributed by atoms with Gasteiger partial charge in [-0.05, 0) is 84.7 Å². The van der Waals surface area contributed by atoms with Gasteiger partial charge in [0.25, 0.3) is 0 Å². The van der Waals surface area contributed by atoms with Crippen LogP contribution in [0.1, 0.15) is 42.4 Å². The summed E-state index contributed by atoms with van der Waals surface area (Å²) in [5.74, 6) is -0.774. The molecule has 2 aliphatic rings. The highest BCUT2D eigenvalue weighted by molar-refractivity contribution is 6.30. The largest absolute Gasteiger partial charge is 0.380 e. The number of methoxy groups -OCH3 is 1. The Bertz CT molecular complexity index is 1350. The SMILES string of the molecule is CO[C@@H]1C[C@H](C(=O)Nc2cc(CC[C@@](N)(c3ccncc3)C3CC3)ccc2F)N(C(=O)Cc2ccc(Cl)cc2)C1. The first kappa shape index (κ1) is 28.2. The summed E-state index contributed by atoms with van der Waals surface area (Å²) in [5, 5.41) is 3.32. The number of carbonyl (C=O) groups excluding carboxylic acids is 2. The van der Waals surface area contributed by atoms with Gasteiger partial charge in [0, 0.05) is 43.0 Å². The van der Waals surface area contributed by atoms with Crippen LogP contribution >= 0.6 is 11.6 Å². The molecule has 2 aromatic carbocycles. The fourth-order valence-electron chi connectivity index (χ4n) is 5.61. The van der Waals surface area contributed by atoms with Crippen molar-refractivity contribution < 1.29 is 18.7 Å². The number of nitrogens with two attached hydrogens (primary N) is 1. The Morgan fingerprint density at radius 1 is 1.12 bits per heavy atom. The van der Waals surface area contributed by atoms with Crippen molar-refractivity contribution in [1.82, 2.24) is 9.88 Å². The zero-order valence-corrected chi connectivity index (χ0v) is 23.2. The number of carbonyl (C=O) groups is 2. The van der Waals surface area contributed by atoms with Crippen LogP contribution in [-0.4, -0.2) is 47.5 Å². The van der Waals surface area contributed by atoms with Gasteiger partial charge in [-0.25, -0.2) is 4.39 Å². The zero-order chi connectivity index (χ0) is 28.3. The van der Waals surface area contributed by atoms with E-state index < -0.39 is 23.3 Å². The van der Waals surface area contributed by atoms with Crippen LogP contribution < -0.4 is 11.1 Å². The summed E-state index contributed by atoms with van der Waals surface area (Å²) in [5.41, 5.74) is 9.24. The molecule has 210 valence electrons. The molecular formula is C31H34ClFN4O3. The van der Waals surface area contributed by atoms with Gasteiger partial charge in [0.1, 0.15) is 11.9 Å². The van der Waals surface area contributed by atoms with Gasteiger partial charge in [-0.15, -0.1) is 0 Å². The molecule has 1 saturated carbocycles. The lowest BCUT2D eigenvalue weighted by atomic mass is 9.81. The fourth-order valence-corrected chi connectivity index (χ4v) is 5.73. The molecule has 0 spiro atoms. The van der Waals surface area contributed by atoms with Crippen LogP contribution in [0.3, 0.4) is 0 Å². The van der Waals surface area contributed by atoms with Crippen LogP contribution in [-0.2, 0) is 32.7 Å². The summed E-state index contributed by atoms with van der Waals surface area (Å²) in [7, 11) is 1.56. The molecule has 7 nitrogen and oxygen atoms in total. The number of hydrogen-bond donors (Lipinski definition) is 2. The normalized spacial score (nSPS) is 20.2. The number of benzene rings is 2. The average molecular weight is 565 g/mol. The van der Waals surface area contributed by atoms with E-state index >= 15 is 0 Å². The highest BCUT2D eigenvalue weighted by Gasteiger charge is 2.43. The van der Waals surface area contributed by atoms with Crippen molar-refractivity contribution in [3.63, 3.8) is 0 Å². The lowest BCUT2D eigenvalue weighted by Crippen LogP contribution is -2.44. The van der Waals surface area contributed by atoms with E-state index in [0.29, 0.717) is 30.2 Å². The molecule has 1 aromatic heterocycles. The third kappa shape index (κ3) is 6.35. The maximum Gasteiger partial charge on any atom is 0.247 e. The van der Waals surface area contributed by atoms with E-state index in [-0.39, 0.29) is 30.7 Å². The minimum Gasteiger partial charge on any atom is -0.380 e. The maximum absolute atomic E-state index is 14.9. The number of hydrogen-bond acceptors (Lipinski definition) is 5. The van der Waals surface area contributed by atoms with Crippen molar-refractivity contribution in [3.05, 3.63) is 94.5 Å². The minimum atomic E-state index is -0.772. The van der Waals surface area contributed by atoms with Crippen molar-refractivity contribution in [3.8, 4) is 0 Å². The molecule has 3 N–H and O–H groups in total. The van der Waals surface area contributed by atoms with Gasteiger partial charge in [-0.3, -0.25) is 14.6 Å². The molecule has 0 bridgehead atoms. The molecule has 1 saturated heterocycles. The van der Waals surface area contributed by atoms with Gasteiger partial charge in [-0.2, -0.15) is 0 Å². The van der Waals surface area contributed by atoms with Crippen molar-refractivity contribution in [2.75, 3.05) is 19.0 Å². The molecule has 1 aliphatic carbocycles. The highest BCUT2D eigenvalue weighted by Crippen LogP contribution is 2.46. The number of ether oxygens (including phenoxy) is 1. The second-order valence-corrected chi connectivity index (χ2v) is 11.2. The molecule has 5 rings (SSSR count). The molecule has 2 fully saturated rings. The van der Waals surface area contributed by atoms with E-state index in [2.05, 4.69) is 10.3 Å². The van der Waals surface area contributed by atoms with Gasteiger partial charge >= 0.3 is 0 Å². The number of nitrogens with zero attached hydrogens (tertiary/aromatic N) is 2. The van der Waals surface area contributed by atoms with E-state index in [4.69, 9.17) is 22.1 Å². The topological polar surface area (TPSA) is 97.5 Å². The summed E-state index contributed by atoms with van der Waals surface area (Å²) in [4.78, 5) is 32.2. The fraction of sp³-hybridized carbons (Fsp3) is 0.387. The molecule has 2 amide bonds. The summed E-state index contributed by atoms with van der Waals surface area (Å²) in [6.07, 6.45) is 7.16. The number of halogens is 2. The van der Waals surface area contributed by atoms with Crippen molar-refractivity contribution >= 4 is 29.1 Å². The second kappa shape index (κ2) is 12.0. The molecule has 2 heterocycles. The Hall–Kier alpha value is -3.33. The summed E-state index contributed by atoms with van der Waals surface area (Å²) in [6, 6.07) is 14.9. The van der Waals surface area contributed by atoms with Crippen LogP contribution in [0.5, 0.6) is 0 Å². The number of likely N-dealkylation sites (tertiary alicyclic amines) is 1. The predicted molar refractivity (Wildman–Crippen MR) is 152 cm³/mol. The smallest absolute Gasteiger partial charge is 0.247 e. The third-order valence-corrected chi connectivity index (χ3v) is 8.38. The monoisotopic (exact) mass is 564 g/mol. The number of amides is 2. The van der Waals surface area contributed by atoms with Crippen molar-refractivity contribution in [2.24, 2.45) is 11.7 Å². The lowest BCUT2D eigenvalue weighted by molar-refractivity contribution is -0.136. The van der Waals surface area contributed by atoms with E-state index in [1.165, 1.54) is 11.0 Å². The van der Waals surface area contributed by atoms with E-state index in [0.717, 1.165) is 29.5 Å². The molecule has 0 unspecified atom stereocenters. The van der Waals surface area contributed by atoms with Gasteiger partial charge in [0.05, 0.1) is 18.2 Å². The quantitative estimate of drug-likeness (QED) is 0.366. The molecule has 40 heavy (non-hydrogen) atoms. The molecular weight excluding hydrogens is 531 g/mol. The second-order valence-electron chi connectivity index (χ2n) is 10.8. The molecule has 3 atom stereocenters. The van der Waals surface area contributed by atoms with Crippen molar-refractivity contribution in [1.29, 1.82) is 0 Å². The van der Waals surface area contributed by atoms with E-state index in [9.17, 15) is 14.0 Å². The Morgan fingerprint density at radius 2 is 1.82 bits per heavy atom. The molecule has 3 aromatic rings. The average Bonchev–Trinajstić information content (AvgIpc) is 3.73. The summed E-state index contributed by atoms with van der Waals surface area (Å²) in [6.45, 7) is 0.290. The first-order chi connectivity index (χ1) is 19.3. The van der Waals surface area contributed by atoms with Crippen LogP contribution in [0.25, 0.3) is 0 Å². The minimum absolute atomic E-state index is 0.0893. The zero-order valence-electron chi connectivity index (χ0n) is 22.5. The first-order valence-electron chi connectivity index (χ1n) is 13.6. The first-order valence-corrected chi connectivity index (χ1v) is 14.0. The molecule has 9 heteroatoms. The maximum atomic E-state index is 14.9. The Morgan fingerprint density at radius 3 is 2.50 bits per heavy atom. The van der Waals surface area contributed by atoms with Gasteiger partial charge in [0.2, 0.25) is 11.8 Å². The van der Waals surface area contributed by atoms with Gasteiger partial charge in [-0.1, -0.05) is 29.8 Å². The standard InChI is InChI=1S/C31H34ClFN4O3/c1-40-25-18-28(37(19-25)29(38)17-20-2-7-24(32)8-3-20)30(39)36-27-16-21(4-9-26(27)33)10-13-31(34,22-5-6-22)23-11-14-35-15-12-23/h2-4,7-9,11-12,14-16,22,25,28H,5-6,10,13,17-19,34H2,1H3,(H,36,39)/t25-,28-,31+/m1/s1. The number of rotatable bonds is 10. The predicted octanol–water partition coefficient (Wildman–Crippen LogP) is 4.87. The Kier molecular flexibility index (Phi) is 8.49.